The molecule has 0 atom stereocenters. The van der Waals surface area contributed by atoms with Crippen LogP contribution in [-0.4, -0.2) is 22.8 Å². The summed E-state index contributed by atoms with van der Waals surface area (Å²) in [5.41, 5.74) is 2.43. The third-order valence-corrected chi connectivity index (χ3v) is 3.37. The standard InChI is InChI=1S/C13H16N2O.C2H6/c1-10-9-15(11-4-7-16-8-5-11)13-12(10)3-2-6-14-13;1-2/h2-3,6,9,11H,4-5,7-8H2,1H3;1-2H3. The number of ether oxygens (including phenoxy) is 1. The van der Waals surface area contributed by atoms with E-state index in [0.29, 0.717) is 6.04 Å². The van der Waals surface area contributed by atoms with Crippen LogP contribution in [0.5, 0.6) is 0 Å². The van der Waals surface area contributed by atoms with E-state index >= 15 is 0 Å². The van der Waals surface area contributed by atoms with Crippen molar-refractivity contribution in [3.05, 3.63) is 30.1 Å². The third-order valence-electron chi connectivity index (χ3n) is 3.37. The highest BCUT2D eigenvalue weighted by molar-refractivity contribution is 5.80. The molecule has 0 radical (unpaired) electrons. The summed E-state index contributed by atoms with van der Waals surface area (Å²) in [5, 5.41) is 1.27. The fourth-order valence-electron chi connectivity index (χ4n) is 2.49. The minimum Gasteiger partial charge on any atom is -0.381 e. The number of fused-ring (bicyclic) bond motifs is 1. The summed E-state index contributed by atoms with van der Waals surface area (Å²) in [5.74, 6) is 0. The van der Waals surface area contributed by atoms with E-state index in [1.807, 2.05) is 26.1 Å². The first-order valence-corrected chi connectivity index (χ1v) is 6.86. The van der Waals surface area contributed by atoms with Gasteiger partial charge in [-0.3, -0.25) is 0 Å². The monoisotopic (exact) mass is 246 g/mol. The van der Waals surface area contributed by atoms with Gasteiger partial charge in [-0.25, -0.2) is 4.98 Å². The first-order chi connectivity index (χ1) is 8.86. The minimum atomic E-state index is 0.555. The molecule has 3 nitrogen and oxygen atoms in total. The number of aryl methyl sites for hydroxylation is 1. The van der Waals surface area contributed by atoms with E-state index in [1.165, 1.54) is 10.9 Å². The zero-order valence-corrected chi connectivity index (χ0v) is 11.5. The summed E-state index contributed by atoms with van der Waals surface area (Å²) in [4.78, 5) is 4.50. The normalized spacial score (nSPS) is 16.4. The van der Waals surface area contributed by atoms with Crippen LogP contribution in [0.15, 0.2) is 24.5 Å². The van der Waals surface area contributed by atoms with E-state index < -0.39 is 0 Å². The molecule has 0 saturated carbocycles. The second-order valence-corrected chi connectivity index (χ2v) is 4.44. The number of rotatable bonds is 1. The number of nitrogens with zero attached hydrogens (tertiary/aromatic N) is 2. The molecule has 98 valence electrons. The van der Waals surface area contributed by atoms with Crippen LogP contribution in [0.2, 0.25) is 0 Å². The Kier molecular flexibility index (Phi) is 4.37. The predicted octanol–water partition coefficient (Wildman–Crippen LogP) is 3.72. The maximum Gasteiger partial charge on any atom is 0.140 e. The molecule has 1 aliphatic heterocycles. The van der Waals surface area contributed by atoms with Gasteiger partial charge in [0, 0.05) is 37.0 Å². The Hall–Kier alpha value is -1.35. The number of pyridine rings is 1. The van der Waals surface area contributed by atoms with Gasteiger partial charge in [0.25, 0.3) is 0 Å². The first kappa shape index (κ1) is 13.1. The van der Waals surface area contributed by atoms with Gasteiger partial charge in [0.05, 0.1) is 0 Å². The quantitative estimate of drug-likeness (QED) is 0.766. The molecule has 3 rings (SSSR count). The van der Waals surface area contributed by atoms with Crippen LogP contribution in [-0.2, 0) is 4.74 Å². The van der Waals surface area contributed by atoms with Crippen molar-refractivity contribution < 1.29 is 4.74 Å². The second kappa shape index (κ2) is 6.01. The van der Waals surface area contributed by atoms with Gasteiger partial charge in [0.1, 0.15) is 5.65 Å². The Balaban J connectivity index is 0.000000574. The molecule has 3 heterocycles. The molecule has 2 aromatic heterocycles. The van der Waals surface area contributed by atoms with Crippen molar-refractivity contribution >= 4 is 11.0 Å². The van der Waals surface area contributed by atoms with Crippen LogP contribution in [0.25, 0.3) is 11.0 Å². The molecule has 2 aromatic rings. The number of hydrogen-bond donors (Lipinski definition) is 0. The van der Waals surface area contributed by atoms with Crippen LogP contribution in [0.4, 0.5) is 0 Å². The molecular weight excluding hydrogens is 224 g/mol. The first-order valence-electron chi connectivity index (χ1n) is 6.86. The molecule has 1 fully saturated rings. The molecule has 0 spiro atoms. The van der Waals surface area contributed by atoms with Gasteiger partial charge in [-0.1, -0.05) is 13.8 Å². The molecule has 0 N–H and O–H groups in total. The minimum absolute atomic E-state index is 0.555. The van der Waals surface area contributed by atoms with Gasteiger partial charge in [0.15, 0.2) is 0 Å². The van der Waals surface area contributed by atoms with Crippen molar-refractivity contribution in [3.8, 4) is 0 Å². The molecular formula is C15H22N2O. The van der Waals surface area contributed by atoms with E-state index in [9.17, 15) is 0 Å². The number of aromatic nitrogens is 2. The Labute approximate surface area is 109 Å². The van der Waals surface area contributed by atoms with Crippen molar-refractivity contribution in [2.75, 3.05) is 13.2 Å². The molecule has 3 heteroatoms. The summed E-state index contributed by atoms with van der Waals surface area (Å²) in [6.45, 7) is 7.90. The lowest BCUT2D eigenvalue weighted by atomic mass is 10.1. The summed E-state index contributed by atoms with van der Waals surface area (Å²) < 4.78 is 7.73. The van der Waals surface area contributed by atoms with Crippen molar-refractivity contribution in [3.63, 3.8) is 0 Å². The number of hydrogen-bond acceptors (Lipinski definition) is 2. The van der Waals surface area contributed by atoms with Crippen LogP contribution in [0.1, 0.15) is 38.3 Å². The Morgan fingerprint density at radius 1 is 1.28 bits per heavy atom. The molecule has 0 unspecified atom stereocenters. The third kappa shape index (κ3) is 2.41. The van der Waals surface area contributed by atoms with Gasteiger partial charge in [0.2, 0.25) is 0 Å². The zero-order chi connectivity index (χ0) is 13.0. The molecule has 0 amide bonds. The lowest BCUT2D eigenvalue weighted by molar-refractivity contribution is 0.0706. The molecule has 0 aliphatic carbocycles. The van der Waals surface area contributed by atoms with Crippen LogP contribution in [0.3, 0.4) is 0 Å². The van der Waals surface area contributed by atoms with Crippen LogP contribution >= 0.6 is 0 Å². The van der Waals surface area contributed by atoms with Crippen LogP contribution in [0, 0.1) is 6.92 Å². The lowest BCUT2D eigenvalue weighted by Gasteiger charge is -2.24. The van der Waals surface area contributed by atoms with E-state index in [4.69, 9.17) is 4.74 Å². The smallest absolute Gasteiger partial charge is 0.140 e. The SMILES string of the molecule is CC.Cc1cn(C2CCOCC2)c2ncccc12. The molecule has 1 aliphatic rings. The van der Waals surface area contributed by atoms with Gasteiger partial charge < -0.3 is 9.30 Å². The average Bonchev–Trinajstić information content (AvgIpc) is 2.80. The molecule has 0 bridgehead atoms. The van der Waals surface area contributed by atoms with Crippen molar-refractivity contribution in [2.45, 2.75) is 39.7 Å². The van der Waals surface area contributed by atoms with Gasteiger partial charge in [-0.2, -0.15) is 0 Å². The second-order valence-electron chi connectivity index (χ2n) is 4.44. The molecule has 18 heavy (non-hydrogen) atoms. The Morgan fingerprint density at radius 3 is 2.72 bits per heavy atom. The fourth-order valence-corrected chi connectivity index (χ4v) is 2.49. The van der Waals surface area contributed by atoms with Gasteiger partial charge >= 0.3 is 0 Å². The van der Waals surface area contributed by atoms with Gasteiger partial charge in [-0.05, 0) is 37.5 Å². The molecule has 1 saturated heterocycles. The maximum absolute atomic E-state index is 5.41. The Bertz CT molecular complexity index is 498. The molecule has 0 aromatic carbocycles. The average molecular weight is 246 g/mol. The summed E-state index contributed by atoms with van der Waals surface area (Å²) in [7, 11) is 0. The largest absolute Gasteiger partial charge is 0.381 e. The van der Waals surface area contributed by atoms with E-state index in [-0.39, 0.29) is 0 Å². The van der Waals surface area contributed by atoms with Crippen molar-refractivity contribution in [2.24, 2.45) is 0 Å². The van der Waals surface area contributed by atoms with E-state index in [2.05, 4.69) is 28.7 Å². The summed E-state index contributed by atoms with van der Waals surface area (Å²) in [6.07, 6.45) is 6.30. The highest BCUT2D eigenvalue weighted by Gasteiger charge is 2.18. The Morgan fingerprint density at radius 2 is 2.00 bits per heavy atom. The van der Waals surface area contributed by atoms with Crippen molar-refractivity contribution in [1.29, 1.82) is 0 Å². The highest BCUT2D eigenvalue weighted by Crippen LogP contribution is 2.27. The van der Waals surface area contributed by atoms with Gasteiger partial charge in [-0.15, -0.1) is 0 Å². The highest BCUT2D eigenvalue weighted by atomic mass is 16.5. The topological polar surface area (TPSA) is 27.1 Å². The summed E-state index contributed by atoms with van der Waals surface area (Å²) >= 11 is 0. The van der Waals surface area contributed by atoms with Crippen LogP contribution < -0.4 is 0 Å². The van der Waals surface area contributed by atoms with E-state index in [1.54, 1.807) is 0 Å². The lowest BCUT2D eigenvalue weighted by Crippen LogP contribution is -2.19. The van der Waals surface area contributed by atoms with Crippen molar-refractivity contribution in [1.82, 2.24) is 9.55 Å². The summed E-state index contributed by atoms with van der Waals surface area (Å²) in [6, 6.07) is 4.71. The maximum atomic E-state index is 5.41. The van der Waals surface area contributed by atoms with E-state index in [0.717, 1.165) is 31.7 Å². The predicted molar refractivity (Wildman–Crippen MR) is 74.9 cm³/mol. The fraction of sp³-hybridized carbons (Fsp3) is 0.533. The zero-order valence-electron chi connectivity index (χ0n) is 11.5.